The summed E-state index contributed by atoms with van der Waals surface area (Å²) in [6, 6.07) is 12.9. The average molecular weight is 372 g/mol. The molecule has 0 saturated heterocycles. The zero-order valence-electron chi connectivity index (χ0n) is 14.7. The summed E-state index contributed by atoms with van der Waals surface area (Å²) in [5.41, 5.74) is 2.02. The Bertz CT molecular complexity index is 837. The molecule has 2 aromatic carbocycles. The minimum atomic E-state index is -0.189. The molecule has 0 aliphatic carbocycles. The highest BCUT2D eigenvalue weighted by Gasteiger charge is 2.15. The van der Waals surface area contributed by atoms with Crippen LogP contribution in [0.25, 0.3) is 11.1 Å². The molecule has 1 amide bonds. The van der Waals surface area contributed by atoms with Crippen molar-refractivity contribution in [2.45, 2.75) is 19.1 Å². The second kappa shape index (κ2) is 8.62. The number of benzene rings is 2. The molecule has 3 aromatic rings. The molecule has 6 nitrogen and oxygen atoms in total. The fourth-order valence-electron chi connectivity index (χ4n) is 2.40. The Kier molecular flexibility index (Phi) is 6.01. The Labute approximate surface area is 155 Å². The molecule has 1 aromatic heterocycles. The van der Waals surface area contributed by atoms with Gasteiger partial charge in [0.2, 0.25) is 5.91 Å². The zero-order chi connectivity index (χ0) is 18.4. The number of nitrogens with zero attached hydrogens (tertiary/aromatic N) is 1. The molecule has 0 radical (unpaired) electrons. The Morgan fingerprint density at radius 3 is 2.42 bits per heavy atom. The topological polar surface area (TPSA) is 73.6 Å². The quantitative estimate of drug-likeness (QED) is 0.593. The van der Waals surface area contributed by atoms with Gasteiger partial charge in [0.05, 0.1) is 19.0 Å². The zero-order valence-corrected chi connectivity index (χ0v) is 15.5. The highest BCUT2D eigenvalue weighted by atomic mass is 32.2. The van der Waals surface area contributed by atoms with Gasteiger partial charge < -0.3 is 19.2 Å². The van der Waals surface area contributed by atoms with Crippen LogP contribution in [0.2, 0.25) is 0 Å². The van der Waals surface area contributed by atoms with Crippen LogP contribution in [-0.4, -0.2) is 29.9 Å². The molecule has 0 unspecified atom stereocenters. The molecule has 3 rings (SSSR count). The van der Waals surface area contributed by atoms with Crippen LogP contribution in [0.3, 0.4) is 0 Å². The number of para-hydroxylation sites is 3. The van der Waals surface area contributed by atoms with Crippen molar-refractivity contribution in [3.8, 4) is 11.5 Å². The molecular formula is C19H20N2O4S. The summed E-state index contributed by atoms with van der Waals surface area (Å²) in [7, 11) is 0. The van der Waals surface area contributed by atoms with Crippen molar-refractivity contribution in [3.05, 3.63) is 42.5 Å². The summed E-state index contributed by atoms with van der Waals surface area (Å²) in [5.74, 6) is 1.14. The number of oxazole rings is 1. The van der Waals surface area contributed by atoms with E-state index in [1.54, 1.807) is 12.1 Å². The Morgan fingerprint density at radius 1 is 1.08 bits per heavy atom. The first-order valence-electron chi connectivity index (χ1n) is 8.38. The van der Waals surface area contributed by atoms with Gasteiger partial charge in [-0.15, -0.1) is 0 Å². The molecule has 1 heterocycles. The normalized spacial score (nSPS) is 10.7. The van der Waals surface area contributed by atoms with Gasteiger partial charge in [-0.25, -0.2) is 4.98 Å². The van der Waals surface area contributed by atoms with Crippen molar-refractivity contribution in [2.75, 3.05) is 24.3 Å². The van der Waals surface area contributed by atoms with E-state index in [4.69, 9.17) is 13.9 Å². The fourth-order valence-corrected chi connectivity index (χ4v) is 3.04. The molecule has 7 heteroatoms. The standard InChI is InChI=1S/C19H20N2O4S/c1-3-23-15-10-7-11-16(24-4-2)18(15)21-17(22)12-26-19-20-13-8-5-6-9-14(13)25-19/h5-11H,3-4,12H2,1-2H3,(H,21,22). The second-order valence-corrected chi connectivity index (χ2v) is 6.21. The predicted molar refractivity (Wildman–Crippen MR) is 102 cm³/mol. The molecule has 0 fully saturated rings. The predicted octanol–water partition coefficient (Wildman–Crippen LogP) is 4.36. The van der Waals surface area contributed by atoms with Gasteiger partial charge in [0.25, 0.3) is 5.22 Å². The van der Waals surface area contributed by atoms with E-state index >= 15 is 0 Å². The first-order chi connectivity index (χ1) is 12.7. The lowest BCUT2D eigenvalue weighted by Gasteiger charge is -2.15. The smallest absolute Gasteiger partial charge is 0.257 e. The van der Waals surface area contributed by atoms with Gasteiger partial charge in [-0.05, 0) is 38.1 Å². The number of amides is 1. The first-order valence-corrected chi connectivity index (χ1v) is 9.36. The monoisotopic (exact) mass is 372 g/mol. The van der Waals surface area contributed by atoms with Crippen LogP contribution in [0.4, 0.5) is 5.69 Å². The Hall–Kier alpha value is -2.67. The van der Waals surface area contributed by atoms with E-state index in [0.29, 0.717) is 41.2 Å². The molecular weight excluding hydrogens is 352 g/mol. The summed E-state index contributed by atoms with van der Waals surface area (Å²) >= 11 is 1.24. The van der Waals surface area contributed by atoms with Crippen LogP contribution < -0.4 is 14.8 Å². The third kappa shape index (κ3) is 4.29. The van der Waals surface area contributed by atoms with Crippen LogP contribution in [-0.2, 0) is 4.79 Å². The minimum absolute atomic E-state index is 0.166. The summed E-state index contributed by atoms with van der Waals surface area (Å²) < 4.78 is 16.8. The Balaban J connectivity index is 1.69. The molecule has 0 spiro atoms. The third-order valence-electron chi connectivity index (χ3n) is 3.45. The van der Waals surface area contributed by atoms with Crippen LogP contribution in [0, 0.1) is 0 Å². The van der Waals surface area contributed by atoms with E-state index in [-0.39, 0.29) is 11.7 Å². The summed E-state index contributed by atoms with van der Waals surface area (Å²) in [6.07, 6.45) is 0. The number of nitrogens with one attached hydrogen (secondary N) is 1. The molecule has 1 N–H and O–H groups in total. The number of anilines is 1. The number of carbonyl (C=O) groups is 1. The number of fused-ring (bicyclic) bond motifs is 1. The van der Waals surface area contributed by atoms with Gasteiger partial charge in [-0.1, -0.05) is 30.0 Å². The van der Waals surface area contributed by atoms with Crippen molar-refractivity contribution >= 4 is 34.5 Å². The molecule has 0 aliphatic rings. The van der Waals surface area contributed by atoms with E-state index in [1.165, 1.54) is 11.8 Å². The van der Waals surface area contributed by atoms with Crippen molar-refractivity contribution in [3.63, 3.8) is 0 Å². The van der Waals surface area contributed by atoms with Crippen LogP contribution in [0.1, 0.15) is 13.8 Å². The molecule has 0 saturated carbocycles. The second-order valence-electron chi connectivity index (χ2n) is 5.28. The first kappa shape index (κ1) is 18.1. The van der Waals surface area contributed by atoms with Gasteiger partial charge >= 0.3 is 0 Å². The van der Waals surface area contributed by atoms with Gasteiger partial charge in [0.1, 0.15) is 22.7 Å². The number of ether oxygens (including phenoxy) is 2. The van der Waals surface area contributed by atoms with E-state index in [2.05, 4.69) is 10.3 Å². The van der Waals surface area contributed by atoms with Crippen LogP contribution in [0.5, 0.6) is 11.5 Å². The lowest BCUT2D eigenvalue weighted by atomic mass is 10.2. The minimum Gasteiger partial charge on any atom is -0.492 e. The summed E-state index contributed by atoms with van der Waals surface area (Å²) in [4.78, 5) is 16.8. The number of hydrogen-bond acceptors (Lipinski definition) is 6. The highest BCUT2D eigenvalue weighted by molar-refractivity contribution is 7.99. The van der Waals surface area contributed by atoms with Gasteiger partial charge in [0.15, 0.2) is 5.58 Å². The number of carbonyl (C=O) groups excluding carboxylic acids is 1. The van der Waals surface area contributed by atoms with Crippen molar-refractivity contribution in [1.82, 2.24) is 4.98 Å². The maximum Gasteiger partial charge on any atom is 0.257 e. The van der Waals surface area contributed by atoms with Gasteiger partial charge in [-0.2, -0.15) is 0 Å². The largest absolute Gasteiger partial charge is 0.492 e. The average Bonchev–Trinajstić information content (AvgIpc) is 3.06. The fraction of sp³-hybridized carbons (Fsp3) is 0.263. The Morgan fingerprint density at radius 2 is 1.77 bits per heavy atom. The molecule has 0 bridgehead atoms. The van der Waals surface area contributed by atoms with E-state index in [9.17, 15) is 4.79 Å². The summed E-state index contributed by atoms with van der Waals surface area (Å²) in [5, 5.41) is 3.34. The van der Waals surface area contributed by atoms with Gasteiger partial charge in [0, 0.05) is 0 Å². The molecule has 26 heavy (non-hydrogen) atoms. The van der Waals surface area contributed by atoms with Gasteiger partial charge in [-0.3, -0.25) is 4.79 Å². The summed E-state index contributed by atoms with van der Waals surface area (Å²) in [6.45, 7) is 4.77. The van der Waals surface area contributed by atoms with Crippen LogP contribution in [0.15, 0.2) is 52.1 Å². The van der Waals surface area contributed by atoms with Crippen LogP contribution >= 0.6 is 11.8 Å². The van der Waals surface area contributed by atoms with E-state index in [0.717, 1.165) is 5.52 Å². The lowest BCUT2D eigenvalue weighted by molar-refractivity contribution is -0.113. The highest BCUT2D eigenvalue weighted by Crippen LogP contribution is 2.35. The van der Waals surface area contributed by atoms with Crippen molar-refractivity contribution < 1.29 is 18.7 Å². The molecule has 136 valence electrons. The SMILES string of the molecule is CCOc1cccc(OCC)c1NC(=O)CSc1nc2ccccc2o1. The van der Waals surface area contributed by atoms with E-state index in [1.807, 2.05) is 44.2 Å². The third-order valence-corrected chi connectivity index (χ3v) is 4.28. The number of aromatic nitrogens is 1. The van der Waals surface area contributed by atoms with Crippen molar-refractivity contribution in [1.29, 1.82) is 0 Å². The maximum atomic E-state index is 12.4. The van der Waals surface area contributed by atoms with E-state index < -0.39 is 0 Å². The number of rotatable bonds is 8. The number of hydrogen-bond donors (Lipinski definition) is 1. The molecule has 0 atom stereocenters. The maximum absolute atomic E-state index is 12.4. The number of thioether (sulfide) groups is 1. The van der Waals surface area contributed by atoms with Crippen molar-refractivity contribution in [2.24, 2.45) is 0 Å². The lowest BCUT2D eigenvalue weighted by Crippen LogP contribution is -2.16. The molecule has 0 aliphatic heterocycles.